The molecule has 128 valence electrons. The van der Waals surface area contributed by atoms with Crippen molar-refractivity contribution in [1.82, 2.24) is 9.88 Å². The van der Waals surface area contributed by atoms with Crippen LogP contribution in [-0.4, -0.2) is 47.2 Å². The number of fused-ring (bicyclic) bond motifs is 1. The third-order valence-electron chi connectivity index (χ3n) is 3.87. The number of anilines is 1. The van der Waals surface area contributed by atoms with Crippen molar-refractivity contribution in [3.63, 3.8) is 0 Å². The fourth-order valence-electron chi connectivity index (χ4n) is 2.16. The number of nitrogens with one attached hydrogen (secondary N) is 2. The Morgan fingerprint density at radius 3 is 2.58 bits per heavy atom. The summed E-state index contributed by atoms with van der Waals surface area (Å²) in [4.78, 5) is 35.0. The van der Waals surface area contributed by atoms with Gasteiger partial charge in [-0.15, -0.1) is 0 Å². The zero-order valence-corrected chi connectivity index (χ0v) is 13.6. The molecule has 2 aromatic rings. The summed E-state index contributed by atoms with van der Waals surface area (Å²) in [6.07, 6.45) is 1.77. The lowest BCUT2D eigenvalue weighted by atomic mass is 10.1. The molecule has 0 saturated carbocycles. The van der Waals surface area contributed by atoms with Crippen molar-refractivity contribution in [1.29, 1.82) is 0 Å². The SMILES string of the molecule is CNC(=O)Cn1ccc2ccc(NC(=O)C(C)(OC)C(=O)O)cc21. The Morgan fingerprint density at radius 2 is 2.00 bits per heavy atom. The second-order valence-electron chi connectivity index (χ2n) is 5.39. The van der Waals surface area contributed by atoms with Gasteiger partial charge in [-0.2, -0.15) is 0 Å². The number of aromatic nitrogens is 1. The van der Waals surface area contributed by atoms with Crippen LogP contribution in [0.2, 0.25) is 0 Å². The number of amides is 2. The molecule has 1 unspecified atom stereocenters. The molecule has 0 radical (unpaired) electrons. The van der Waals surface area contributed by atoms with E-state index in [0.717, 1.165) is 18.0 Å². The lowest BCUT2D eigenvalue weighted by Gasteiger charge is -2.21. The summed E-state index contributed by atoms with van der Waals surface area (Å²) in [5.41, 5.74) is -0.835. The molecule has 0 aliphatic rings. The van der Waals surface area contributed by atoms with Crippen LogP contribution in [0, 0.1) is 0 Å². The molecule has 1 atom stereocenters. The fraction of sp³-hybridized carbons (Fsp3) is 0.312. The predicted octanol–water partition coefficient (Wildman–Crippen LogP) is 0.815. The minimum absolute atomic E-state index is 0.141. The summed E-state index contributed by atoms with van der Waals surface area (Å²) < 4.78 is 6.56. The van der Waals surface area contributed by atoms with Gasteiger partial charge in [-0.05, 0) is 30.5 Å². The van der Waals surface area contributed by atoms with Crippen LogP contribution in [0.3, 0.4) is 0 Å². The summed E-state index contributed by atoms with van der Waals surface area (Å²) in [6, 6.07) is 6.95. The molecule has 1 aromatic carbocycles. The number of aliphatic carboxylic acids is 1. The normalized spacial score (nSPS) is 13.3. The number of rotatable bonds is 6. The number of likely N-dealkylation sites (N-methyl/N-ethyl adjacent to an activating group) is 1. The molecule has 1 aromatic heterocycles. The summed E-state index contributed by atoms with van der Waals surface area (Å²) >= 11 is 0. The van der Waals surface area contributed by atoms with E-state index < -0.39 is 17.5 Å². The van der Waals surface area contributed by atoms with Crippen molar-refractivity contribution in [2.24, 2.45) is 0 Å². The van der Waals surface area contributed by atoms with Crippen molar-refractivity contribution in [2.75, 3.05) is 19.5 Å². The number of carbonyl (C=O) groups excluding carboxylic acids is 2. The lowest BCUT2D eigenvalue weighted by Crippen LogP contribution is -2.48. The van der Waals surface area contributed by atoms with E-state index in [9.17, 15) is 14.4 Å². The Morgan fingerprint density at radius 1 is 1.29 bits per heavy atom. The topological polar surface area (TPSA) is 110 Å². The molecule has 3 N–H and O–H groups in total. The largest absolute Gasteiger partial charge is 0.479 e. The average Bonchev–Trinajstić information content (AvgIpc) is 2.95. The molecule has 8 heteroatoms. The third kappa shape index (κ3) is 3.23. The first-order valence-corrected chi connectivity index (χ1v) is 7.21. The lowest BCUT2D eigenvalue weighted by molar-refractivity contribution is -0.165. The maximum Gasteiger partial charge on any atom is 0.345 e. The number of carbonyl (C=O) groups is 3. The number of ether oxygens (including phenoxy) is 1. The van der Waals surface area contributed by atoms with Crippen LogP contribution in [0.5, 0.6) is 0 Å². The number of carboxylic acid groups (broad SMARTS) is 1. The molecule has 0 aliphatic carbocycles. The van der Waals surface area contributed by atoms with Gasteiger partial charge in [0.2, 0.25) is 11.5 Å². The van der Waals surface area contributed by atoms with Gasteiger partial charge >= 0.3 is 5.97 Å². The van der Waals surface area contributed by atoms with E-state index in [1.54, 1.807) is 36.0 Å². The molecule has 8 nitrogen and oxygen atoms in total. The fourth-order valence-corrected chi connectivity index (χ4v) is 2.16. The van der Waals surface area contributed by atoms with Crippen molar-refractivity contribution in [2.45, 2.75) is 19.1 Å². The number of nitrogens with zero attached hydrogens (tertiary/aromatic N) is 1. The van der Waals surface area contributed by atoms with E-state index in [1.165, 1.54) is 6.92 Å². The highest BCUT2D eigenvalue weighted by Crippen LogP contribution is 2.22. The molecule has 0 fully saturated rings. The molecule has 0 saturated heterocycles. The van der Waals surface area contributed by atoms with Gasteiger partial charge < -0.3 is 25.0 Å². The summed E-state index contributed by atoms with van der Waals surface area (Å²) in [6.45, 7) is 1.32. The van der Waals surface area contributed by atoms with Gasteiger partial charge in [0.25, 0.3) is 5.91 Å². The maximum absolute atomic E-state index is 12.2. The Hall–Kier alpha value is -2.87. The van der Waals surface area contributed by atoms with Crippen LogP contribution in [0.4, 0.5) is 5.69 Å². The highest BCUT2D eigenvalue weighted by atomic mass is 16.5. The first-order valence-electron chi connectivity index (χ1n) is 7.21. The van der Waals surface area contributed by atoms with Gasteiger partial charge in [0, 0.05) is 26.0 Å². The highest BCUT2D eigenvalue weighted by molar-refractivity contribution is 6.11. The van der Waals surface area contributed by atoms with Crippen LogP contribution in [-0.2, 0) is 25.7 Å². The second-order valence-corrected chi connectivity index (χ2v) is 5.39. The summed E-state index contributed by atoms with van der Waals surface area (Å²) in [5.74, 6) is -2.33. The van der Waals surface area contributed by atoms with Gasteiger partial charge in [-0.25, -0.2) is 4.79 Å². The first kappa shape index (κ1) is 17.5. The van der Waals surface area contributed by atoms with Crippen LogP contribution >= 0.6 is 0 Å². The van der Waals surface area contributed by atoms with Crippen LogP contribution in [0.25, 0.3) is 10.9 Å². The number of hydrogen-bond donors (Lipinski definition) is 3. The van der Waals surface area contributed by atoms with E-state index in [4.69, 9.17) is 9.84 Å². The molecular weight excluding hydrogens is 314 g/mol. The Labute approximate surface area is 138 Å². The van der Waals surface area contributed by atoms with Gasteiger partial charge in [-0.3, -0.25) is 9.59 Å². The minimum Gasteiger partial charge on any atom is -0.479 e. The maximum atomic E-state index is 12.2. The van der Waals surface area contributed by atoms with Crippen molar-refractivity contribution in [3.8, 4) is 0 Å². The van der Waals surface area contributed by atoms with E-state index in [0.29, 0.717) is 5.69 Å². The molecule has 2 rings (SSSR count). The number of methoxy groups -OCH3 is 1. The van der Waals surface area contributed by atoms with E-state index in [-0.39, 0.29) is 12.5 Å². The first-order chi connectivity index (χ1) is 11.3. The highest BCUT2D eigenvalue weighted by Gasteiger charge is 2.41. The van der Waals surface area contributed by atoms with Gasteiger partial charge in [-0.1, -0.05) is 6.07 Å². The van der Waals surface area contributed by atoms with Crippen LogP contribution in [0.1, 0.15) is 6.92 Å². The summed E-state index contributed by atoms with van der Waals surface area (Å²) in [7, 11) is 2.71. The van der Waals surface area contributed by atoms with E-state index in [1.807, 2.05) is 6.07 Å². The van der Waals surface area contributed by atoms with Crippen molar-refractivity contribution >= 4 is 34.4 Å². The summed E-state index contributed by atoms with van der Waals surface area (Å²) in [5, 5.41) is 15.1. The second kappa shape index (κ2) is 6.71. The number of benzene rings is 1. The smallest absolute Gasteiger partial charge is 0.345 e. The van der Waals surface area contributed by atoms with Crippen LogP contribution in [0.15, 0.2) is 30.5 Å². The van der Waals surface area contributed by atoms with Crippen molar-refractivity contribution < 1.29 is 24.2 Å². The van der Waals surface area contributed by atoms with Gasteiger partial charge in [0.1, 0.15) is 6.54 Å². The average molecular weight is 333 g/mol. The Balaban J connectivity index is 2.30. The third-order valence-corrected chi connectivity index (χ3v) is 3.87. The van der Waals surface area contributed by atoms with Crippen LogP contribution < -0.4 is 10.6 Å². The molecule has 0 bridgehead atoms. The zero-order valence-electron chi connectivity index (χ0n) is 13.6. The molecule has 2 amide bonds. The molecule has 1 heterocycles. The van der Waals surface area contributed by atoms with Gasteiger partial charge in [0.15, 0.2) is 0 Å². The van der Waals surface area contributed by atoms with Crippen molar-refractivity contribution in [3.05, 3.63) is 30.5 Å². The predicted molar refractivity (Wildman–Crippen MR) is 87.7 cm³/mol. The van der Waals surface area contributed by atoms with Gasteiger partial charge in [0.05, 0.1) is 5.52 Å². The monoisotopic (exact) mass is 333 g/mol. The quantitative estimate of drug-likeness (QED) is 0.678. The number of carboxylic acids is 1. The Kier molecular flexibility index (Phi) is 4.89. The number of hydrogen-bond acceptors (Lipinski definition) is 4. The zero-order chi connectivity index (χ0) is 17.9. The minimum atomic E-state index is -1.99. The molecule has 0 aliphatic heterocycles. The molecule has 0 spiro atoms. The Bertz CT molecular complexity index is 798. The van der Waals surface area contributed by atoms with E-state index in [2.05, 4.69) is 10.6 Å². The standard InChI is InChI=1S/C16H19N3O5/c1-16(24-3,15(22)23)14(21)18-11-5-4-10-6-7-19(12(10)8-11)9-13(20)17-2/h4-8H,9H2,1-3H3,(H,17,20)(H,18,21)(H,22,23). The van der Waals surface area contributed by atoms with E-state index >= 15 is 0 Å². The molecular formula is C16H19N3O5. The molecule has 24 heavy (non-hydrogen) atoms.